The summed E-state index contributed by atoms with van der Waals surface area (Å²) in [6, 6.07) is 13.6. The van der Waals surface area contributed by atoms with Crippen molar-refractivity contribution in [3.8, 4) is 11.1 Å². The molecule has 0 saturated carbocycles. The molecule has 0 aliphatic rings. The van der Waals surface area contributed by atoms with E-state index in [9.17, 15) is 0 Å². The molecule has 0 aliphatic carbocycles. The first-order valence-corrected chi connectivity index (χ1v) is 6.29. The van der Waals surface area contributed by atoms with E-state index in [0.717, 1.165) is 21.9 Å². The zero-order valence-corrected chi connectivity index (χ0v) is 10.9. The van der Waals surface area contributed by atoms with Gasteiger partial charge in [-0.1, -0.05) is 53.5 Å². The van der Waals surface area contributed by atoms with Crippen molar-refractivity contribution in [3.05, 3.63) is 64.9 Å². The molecule has 1 nitrogen and oxygen atoms in total. The number of rotatable bonds is 1. The van der Waals surface area contributed by atoms with Crippen LogP contribution in [-0.2, 0) is 0 Å². The average Bonchev–Trinajstić information content (AvgIpc) is 2.38. The molecule has 0 atom stereocenters. The van der Waals surface area contributed by atoms with Gasteiger partial charge in [0.25, 0.3) is 0 Å². The van der Waals surface area contributed by atoms with E-state index < -0.39 is 0 Å². The molecule has 3 aromatic rings. The van der Waals surface area contributed by atoms with Crippen molar-refractivity contribution in [2.45, 2.75) is 0 Å². The van der Waals surface area contributed by atoms with E-state index in [1.165, 1.54) is 0 Å². The third-order valence-corrected chi connectivity index (χ3v) is 3.44. The number of aromatic nitrogens is 1. The molecule has 3 rings (SSSR count). The van der Waals surface area contributed by atoms with Gasteiger partial charge in [0.1, 0.15) is 0 Å². The Kier molecular flexibility index (Phi) is 2.94. The van der Waals surface area contributed by atoms with Gasteiger partial charge in [-0.15, -0.1) is 0 Å². The van der Waals surface area contributed by atoms with Crippen LogP contribution >= 0.6 is 23.2 Å². The van der Waals surface area contributed by atoms with Crippen LogP contribution in [0.2, 0.25) is 10.0 Å². The zero-order chi connectivity index (χ0) is 12.5. The molecule has 1 heterocycles. The van der Waals surface area contributed by atoms with Crippen molar-refractivity contribution in [3.63, 3.8) is 0 Å². The lowest BCUT2D eigenvalue weighted by molar-refractivity contribution is 1.36. The molecule has 0 saturated heterocycles. The molecule has 3 heteroatoms. The highest BCUT2D eigenvalue weighted by atomic mass is 35.5. The maximum absolute atomic E-state index is 6.25. The largest absolute Gasteiger partial charge is 0.263 e. The van der Waals surface area contributed by atoms with Gasteiger partial charge >= 0.3 is 0 Å². The summed E-state index contributed by atoms with van der Waals surface area (Å²) in [4.78, 5) is 4.26. The van der Waals surface area contributed by atoms with Crippen LogP contribution in [0, 0.1) is 0 Å². The SMILES string of the molecule is Clc1ccc(-c2cncc3ccccc23)c(Cl)c1. The summed E-state index contributed by atoms with van der Waals surface area (Å²) in [5, 5.41) is 3.51. The fraction of sp³-hybridized carbons (Fsp3) is 0. The molecule has 88 valence electrons. The highest BCUT2D eigenvalue weighted by Gasteiger charge is 2.08. The van der Waals surface area contributed by atoms with Crippen molar-refractivity contribution in [1.29, 1.82) is 0 Å². The highest BCUT2D eigenvalue weighted by molar-refractivity contribution is 6.36. The number of hydrogen-bond acceptors (Lipinski definition) is 1. The van der Waals surface area contributed by atoms with Crippen molar-refractivity contribution < 1.29 is 0 Å². The van der Waals surface area contributed by atoms with E-state index in [1.807, 2.05) is 42.7 Å². The minimum atomic E-state index is 0.636. The fourth-order valence-corrected chi connectivity index (χ4v) is 2.55. The second-order valence-electron chi connectivity index (χ2n) is 4.03. The van der Waals surface area contributed by atoms with E-state index in [2.05, 4.69) is 11.1 Å². The Balaban J connectivity index is 2.31. The van der Waals surface area contributed by atoms with Crippen LogP contribution in [0.15, 0.2) is 54.9 Å². The monoisotopic (exact) mass is 273 g/mol. The van der Waals surface area contributed by atoms with Crippen LogP contribution in [0.5, 0.6) is 0 Å². The Morgan fingerprint density at radius 2 is 1.67 bits per heavy atom. The fourth-order valence-electron chi connectivity index (χ4n) is 2.04. The number of benzene rings is 2. The molecule has 0 amide bonds. The molecule has 0 N–H and O–H groups in total. The quantitative estimate of drug-likeness (QED) is 0.593. The molecule has 0 bridgehead atoms. The minimum Gasteiger partial charge on any atom is -0.263 e. The van der Waals surface area contributed by atoms with Gasteiger partial charge in [0.2, 0.25) is 0 Å². The third kappa shape index (κ3) is 1.96. The standard InChI is InChI=1S/C15H9Cl2N/c16-11-5-6-13(15(17)7-11)14-9-18-8-10-3-1-2-4-12(10)14/h1-9H. The highest BCUT2D eigenvalue weighted by Crippen LogP contribution is 2.34. The molecule has 18 heavy (non-hydrogen) atoms. The number of fused-ring (bicyclic) bond motifs is 1. The van der Waals surface area contributed by atoms with Crippen molar-refractivity contribution in [2.75, 3.05) is 0 Å². The molecule has 0 unspecified atom stereocenters. The van der Waals surface area contributed by atoms with E-state index in [1.54, 1.807) is 6.07 Å². The van der Waals surface area contributed by atoms with Gasteiger partial charge in [-0.05, 0) is 17.5 Å². The number of nitrogens with zero attached hydrogens (tertiary/aromatic N) is 1. The Hall–Kier alpha value is -1.57. The van der Waals surface area contributed by atoms with Crippen LogP contribution in [0.3, 0.4) is 0 Å². The number of pyridine rings is 1. The molecule has 0 fully saturated rings. The van der Waals surface area contributed by atoms with E-state index in [-0.39, 0.29) is 0 Å². The van der Waals surface area contributed by atoms with Crippen LogP contribution in [-0.4, -0.2) is 4.98 Å². The zero-order valence-electron chi connectivity index (χ0n) is 9.40. The van der Waals surface area contributed by atoms with Gasteiger partial charge in [0.15, 0.2) is 0 Å². The van der Waals surface area contributed by atoms with Gasteiger partial charge < -0.3 is 0 Å². The summed E-state index contributed by atoms with van der Waals surface area (Å²) in [6.07, 6.45) is 3.68. The van der Waals surface area contributed by atoms with Gasteiger partial charge in [-0.25, -0.2) is 0 Å². The van der Waals surface area contributed by atoms with Crippen LogP contribution in [0.4, 0.5) is 0 Å². The summed E-state index contributed by atoms with van der Waals surface area (Å²) in [6.45, 7) is 0. The third-order valence-electron chi connectivity index (χ3n) is 2.89. The summed E-state index contributed by atoms with van der Waals surface area (Å²) in [5.74, 6) is 0. The molecule has 2 aromatic carbocycles. The second kappa shape index (κ2) is 4.60. The van der Waals surface area contributed by atoms with Crippen molar-refractivity contribution in [1.82, 2.24) is 4.98 Å². The summed E-state index contributed by atoms with van der Waals surface area (Å²) in [7, 11) is 0. The van der Waals surface area contributed by atoms with E-state index >= 15 is 0 Å². The van der Waals surface area contributed by atoms with E-state index in [0.29, 0.717) is 10.0 Å². The molecular formula is C15H9Cl2N. The first-order valence-electron chi connectivity index (χ1n) is 5.54. The Bertz CT molecular complexity index is 717. The lowest BCUT2D eigenvalue weighted by Crippen LogP contribution is -1.84. The first-order chi connectivity index (χ1) is 8.75. The second-order valence-corrected chi connectivity index (χ2v) is 4.88. The van der Waals surface area contributed by atoms with Crippen LogP contribution < -0.4 is 0 Å². The topological polar surface area (TPSA) is 12.9 Å². The van der Waals surface area contributed by atoms with Gasteiger partial charge in [-0.2, -0.15) is 0 Å². The number of halogens is 2. The lowest BCUT2D eigenvalue weighted by atomic mass is 10.0. The maximum Gasteiger partial charge on any atom is 0.0499 e. The first kappa shape index (κ1) is 11.5. The summed E-state index contributed by atoms with van der Waals surface area (Å²) >= 11 is 12.2. The summed E-state index contributed by atoms with van der Waals surface area (Å²) < 4.78 is 0. The Morgan fingerprint density at radius 1 is 0.833 bits per heavy atom. The predicted molar refractivity (Wildman–Crippen MR) is 77.2 cm³/mol. The molecule has 0 spiro atoms. The predicted octanol–water partition coefficient (Wildman–Crippen LogP) is 5.21. The van der Waals surface area contributed by atoms with Crippen molar-refractivity contribution in [2.24, 2.45) is 0 Å². The normalized spacial score (nSPS) is 10.8. The number of hydrogen-bond donors (Lipinski definition) is 0. The van der Waals surface area contributed by atoms with Crippen molar-refractivity contribution >= 4 is 34.0 Å². The smallest absolute Gasteiger partial charge is 0.0499 e. The molecule has 0 aliphatic heterocycles. The lowest BCUT2D eigenvalue weighted by Gasteiger charge is -2.08. The van der Waals surface area contributed by atoms with Gasteiger partial charge in [0, 0.05) is 39.0 Å². The summed E-state index contributed by atoms with van der Waals surface area (Å²) in [5.41, 5.74) is 1.97. The molecule has 0 radical (unpaired) electrons. The minimum absolute atomic E-state index is 0.636. The molecular weight excluding hydrogens is 265 g/mol. The Morgan fingerprint density at radius 3 is 2.50 bits per heavy atom. The van der Waals surface area contributed by atoms with Crippen LogP contribution in [0.25, 0.3) is 21.9 Å². The maximum atomic E-state index is 6.25. The molecule has 1 aromatic heterocycles. The average molecular weight is 274 g/mol. The van der Waals surface area contributed by atoms with Gasteiger partial charge in [-0.3, -0.25) is 4.98 Å². The van der Waals surface area contributed by atoms with E-state index in [4.69, 9.17) is 23.2 Å². The Labute approximate surface area is 115 Å². The van der Waals surface area contributed by atoms with Crippen LogP contribution in [0.1, 0.15) is 0 Å². The van der Waals surface area contributed by atoms with Gasteiger partial charge in [0.05, 0.1) is 0 Å².